The van der Waals surface area contributed by atoms with Gasteiger partial charge in [-0.3, -0.25) is 9.78 Å². The van der Waals surface area contributed by atoms with E-state index < -0.39 is 0 Å². The Hall–Kier alpha value is -1.88. The standard InChI is InChI=1S/C17H18BrN3O/c1-12(21-7-6-13-4-2-3-5-16(13)21)9-20-17(22)14-8-15(18)11-19-10-14/h2-5,8,10-12H,6-7,9H2,1H3,(H,20,22)/t12-/m0/s1. The third kappa shape index (κ3) is 3.14. The molecule has 0 saturated heterocycles. The van der Waals surface area contributed by atoms with Crippen molar-refractivity contribution in [3.8, 4) is 0 Å². The summed E-state index contributed by atoms with van der Waals surface area (Å²) in [7, 11) is 0. The second kappa shape index (κ2) is 6.48. The number of nitrogens with zero attached hydrogens (tertiary/aromatic N) is 2. The average molecular weight is 360 g/mol. The van der Waals surface area contributed by atoms with E-state index in [9.17, 15) is 4.79 Å². The van der Waals surface area contributed by atoms with E-state index in [1.165, 1.54) is 11.3 Å². The molecule has 1 atom stereocenters. The number of para-hydroxylation sites is 1. The van der Waals surface area contributed by atoms with Crippen molar-refractivity contribution in [3.05, 3.63) is 58.3 Å². The first-order chi connectivity index (χ1) is 10.6. The number of amides is 1. The highest BCUT2D eigenvalue weighted by Gasteiger charge is 2.23. The largest absolute Gasteiger partial charge is 0.366 e. The Balaban J connectivity index is 1.61. The number of carbonyl (C=O) groups excluding carboxylic acids is 1. The zero-order valence-electron chi connectivity index (χ0n) is 12.4. The first-order valence-corrected chi connectivity index (χ1v) is 8.18. The molecule has 3 rings (SSSR count). The number of carbonyl (C=O) groups is 1. The maximum absolute atomic E-state index is 12.2. The minimum absolute atomic E-state index is 0.0897. The number of hydrogen-bond donors (Lipinski definition) is 1. The summed E-state index contributed by atoms with van der Waals surface area (Å²) in [4.78, 5) is 18.5. The van der Waals surface area contributed by atoms with Crippen molar-refractivity contribution in [2.45, 2.75) is 19.4 Å². The summed E-state index contributed by atoms with van der Waals surface area (Å²) in [5.41, 5.74) is 3.24. The molecule has 22 heavy (non-hydrogen) atoms. The predicted molar refractivity (Wildman–Crippen MR) is 91.2 cm³/mol. The number of hydrogen-bond acceptors (Lipinski definition) is 3. The number of aromatic nitrogens is 1. The lowest BCUT2D eigenvalue weighted by Crippen LogP contribution is -2.41. The van der Waals surface area contributed by atoms with Crippen LogP contribution in [0.4, 0.5) is 5.69 Å². The summed E-state index contributed by atoms with van der Waals surface area (Å²) in [5, 5.41) is 2.99. The van der Waals surface area contributed by atoms with Crippen LogP contribution in [-0.2, 0) is 6.42 Å². The molecule has 1 aromatic heterocycles. The van der Waals surface area contributed by atoms with E-state index in [2.05, 4.69) is 62.3 Å². The SMILES string of the molecule is C[C@@H](CNC(=O)c1cncc(Br)c1)N1CCc2ccccc21. The normalized spacial score (nSPS) is 14.5. The van der Waals surface area contributed by atoms with Crippen LogP contribution in [0, 0.1) is 0 Å². The van der Waals surface area contributed by atoms with E-state index in [0.717, 1.165) is 17.4 Å². The van der Waals surface area contributed by atoms with Gasteiger partial charge in [0.25, 0.3) is 5.91 Å². The molecule has 0 unspecified atom stereocenters. The van der Waals surface area contributed by atoms with Gasteiger partial charge in [-0.2, -0.15) is 0 Å². The van der Waals surface area contributed by atoms with Gasteiger partial charge in [-0.25, -0.2) is 0 Å². The lowest BCUT2D eigenvalue weighted by atomic mass is 10.2. The minimum atomic E-state index is -0.0897. The Bertz CT molecular complexity index is 689. The monoisotopic (exact) mass is 359 g/mol. The topological polar surface area (TPSA) is 45.2 Å². The predicted octanol–water partition coefficient (Wildman–Crippen LogP) is 3.03. The van der Waals surface area contributed by atoms with E-state index in [0.29, 0.717) is 12.1 Å². The number of rotatable bonds is 4. The molecule has 1 N–H and O–H groups in total. The van der Waals surface area contributed by atoms with E-state index in [-0.39, 0.29) is 11.9 Å². The third-order valence-electron chi connectivity index (χ3n) is 3.98. The van der Waals surface area contributed by atoms with Gasteiger partial charge in [0.1, 0.15) is 0 Å². The Morgan fingerprint density at radius 2 is 2.23 bits per heavy atom. The molecule has 1 aromatic carbocycles. The highest BCUT2D eigenvalue weighted by atomic mass is 79.9. The summed E-state index contributed by atoms with van der Waals surface area (Å²) in [6.07, 6.45) is 4.32. The molecule has 0 radical (unpaired) electrons. The lowest BCUT2D eigenvalue weighted by Gasteiger charge is -2.27. The van der Waals surface area contributed by atoms with Crippen molar-refractivity contribution in [3.63, 3.8) is 0 Å². The number of anilines is 1. The number of pyridine rings is 1. The van der Waals surface area contributed by atoms with Crippen LogP contribution < -0.4 is 10.2 Å². The van der Waals surface area contributed by atoms with Gasteiger partial charge in [-0.1, -0.05) is 18.2 Å². The summed E-state index contributed by atoms with van der Waals surface area (Å²) < 4.78 is 0.807. The molecule has 0 spiro atoms. The molecule has 2 heterocycles. The average Bonchev–Trinajstić information content (AvgIpc) is 2.96. The number of benzene rings is 1. The summed E-state index contributed by atoms with van der Waals surface area (Å²) in [5.74, 6) is -0.0897. The Labute approximate surface area is 138 Å². The first-order valence-electron chi connectivity index (χ1n) is 7.38. The zero-order chi connectivity index (χ0) is 15.5. The van der Waals surface area contributed by atoms with Crippen LogP contribution in [-0.4, -0.2) is 30.0 Å². The van der Waals surface area contributed by atoms with Gasteiger partial charge in [0.2, 0.25) is 0 Å². The molecule has 1 amide bonds. The van der Waals surface area contributed by atoms with Crippen LogP contribution in [0.3, 0.4) is 0 Å². The maximum Gasteiger partial charge on any atom is 0.252 e. The number of fused-ring (bicyclic) bond motifs is 1. The zero-order valence-corrected chi connectivity index (χ0v) is 14.0. The fourth-order valence-electron chi connectivity index (χ4n) is 2.81. The van der Waals surface area contributed by atoms with Crippen molar-refractivity contribution in [1.29, 1.82) is 0 Å². The second-order valence-electron chi connectivity index (χ2n) is 5.52. The Morgan fingerprint density at radius 1 is 1.41 bits per heavy atom. The van der Waals surface area contributed by atoms with E-state index in [4.69, 9.17) is 0 Å². The second-order valence-corrected chi connectivity index (χ2v) is 6.44. The van der Waals surface area contributed by atoms with Crippen molar-refractivity contribution in [1.82, 2.24) is 10.3 Å². The Kier molecular flexibility index (Phi) is 4.43. The van der Waals surface area contributed by atoms with Crippen LogP contribution in [0.25, 0.3) is 0 Å². The highest BCUT2D eigenvalue weighted by molar-refractivity contribution is 9.10. The van der Waals surface area contributed by atoms with Crippen LogP contribution in [0.15, 0.2) is 47.2 Å². The molecule has 4 nitrogen and oxygen atoms in total. The van der Waals surface area contributed by atoms with E-state index >= 15 is 0 Å². The molecule has 1 aliphatic rings. The summed E-state index contributed by atoms with van der Waals surface area (Å²) in [6, 6.07) is 10.5. The van der Waals surface area contributed by atoms with Crippen LogP contribution in [0.1, 0.15) is 22.8 Å². The summed E-state index contributed by atoms with van der Waals surface area (Å²) >= 11 is 3.33. The van der Waals surface area contributed by atoms with E-state index in [1.54, 1.807) is 18.5 Å². The fourth-order valence-corrected chi connectivity index (χ4v) is 3.18. The summed E-state index contributed by atoms with van der Waals surface area (Å²) in [6.45, 7) is 3.76. The van der Waals surface area contributed by atoms with Gasteiger partial charge in [-0.15, -0.1) is 0 Å². The lowest BCUT2D eigenvalue weighted by molar-refractivity contribution is 0.0951. The quantitative estimate of drug-likeness (QED) is 0.912. The van der Waals surface area contributed by atoms with Gasteiger partial charge in [0.05, 0.1) is 5.56 Å². The van der Waals surface area contributed by atoms with Gasteiger partial charge in [0.15, 0.2) is 0 Å². The van der Waals surface area contributed by atoms with Crippen molar-refractivity contribution in [2.24, 2.45) is 0 Å². The molecule has 0 aliphatic carbocycles. The van der Waals surface area contributed by atoms with E-state index in [1.807, 2.05) is 0 Å². The third-order valence-corrected chi connectivity index (χ3v) is 4.41. The van der Waals surface area contributed by atoms with Crippen molar-refractivity contribution in [2.75, 3.05) is 18.0 Å². The first kappa shape index (κ1) is 15.0. The number of halogens is 1. The molecule has 1 aliphatic heterocycles. The molecule has 114 valence electrons. The van der Waals surface area contributed by atoms with Crippen molar-refractivity contribution >= 4 is 27.5 Å². The minimum Gasteiger partial charge on any atom is -0.366 e. The molecule has 2 aromatic rings. The van der Waals surface area contributed by atoms with Crippen molar-refractivity contribution < 1.29 is 4.79 Å². The fraction of sp³-hybridized carbons (Fsp3) is 0.294. The van der Waals surface area contributed by atoms with Gasteiger partial charge in [-0.05, 0) is 47.0 Å². The number of nitrogens with one attached hydrogen (secondary N) is 1. The molecule has 5 heteroatoms. The molecule has 0 saturated carbocycles. The van der Waals surface area contributed by atoms with Gasteiger partial charge in [0, 0.05) is 41.7 Å². The highest BCUT2D eigenvalue weighted by Crippen LogP contribution is 2.28. The Morgan fingerprint density at radius 3 is 3.05 bits per heavy atom. The van der Waals surface area contributed by atoms with Gasteiger partial charge < -0.3 is 10.2 Å². The molecular weight excluding hydrogens is 342 g/mol. The van der Waals surface area contributed by atoms with Crippen LogP contribution >= 0.6 is 15.9 Å². The molecular formula is C17H18BrN3O. The van der Waals surface area contributed by atoms with Gasteiger partial charge >= 0.3 is 0 Å². The molecule has 0 fully saturated rings. The van der Waals surface area contributed by atoms with Crippen LogP contribution in [0.5, 0.6) is 0 Å². The molecule has 0 bridgehead atoms. The smallest absolute Gasteiger partial charge is 0.252 e. The maximum atomic E-state index is 12.2. The van der Waals surface area contributed by atoms with Crippen LogP contribution in [0.2, 0.25) is 0 Å².